The molecule has 0 amide bonds. The van der Waals surface area contributed by atoms with Gasteiger partial charge in [0.15, 0.2) is 5.75 Å². The van der Waals surface area contributed by atoms with E-state index in [4.69, 9.17) is 14.2 Å². The van der Waals surface area contributed by atoms with E-state index in [2.05, 4.69) is 4.98 Å². The predicted molar refractivity (Wildman–Crippen MR) is 88.0 cm³/mol. The summed E-state index contributed by atoms with van der Waals surface area (Å²) < 4.78 is 16.3. The number of rotatable bonds is 7. The summed E-state index contributed by atoms with van der Waals surface area (Å²) in [5.41, 5.74) is 1.71. The summed E-state index contributed by atoms with van der Waals surface area (Å²) in [6, 6.07) is 11.1. The first kappa shape index (κ1) is 16.8. The van der Waals surface area contributed by atoms with Crippen LogP contribution in [-0.4, -0.2) is 30.8 Å². The molecule has 0 aliphatic rings. The Morgan fingerprint density at radius 2 is 1.70 bits per heavy atom. The lowest BCUT2D eigenvalue weighted by Gasteiger charge is -2.15. The Kier molecular flexibility index (Phi) is 5.97. The molecule has 0 saturated heterocycles. The van der Waals surface area contributed by atoms with Crippen LogP contribution in [0.3, 0.4) is 0 Å². The van der Waals surface area contributed by atoms with Gasteiger partial charge in [-0.25, -0.2) is 9.78 Å². The Bertz CT molecular complexity index is 656. The van der Waals surface area contributed by atoms with E-state index < -0.39 is 5.97 Å². The number of pyridine rings is 1. The van der Waals surface area contributed by atoms with Gasteiger partial charge in [-0.2, -0.15) is 0 Å². The fraction of sp³-hybridized carbons (Fsp3) is 0.333. The average molecular weight is 315 g/mol. The van der Waals surface area contributed by atoms with E-state index >= 15 is 0 Å². The highest BCUT2D eigenvalue weighted by Gasteiger charge is 2.21. The highest BCUT2D eigenvalue weighted by Crippen LogP contribution is 2.33. The van der Waals surface area contributed by atoms with Crippen molar-refractivity contribution in [2.45, 2.75) is 20.8 Å². The zero-order chi connectivity index (χ0) is 16.7. The van der Waals surface area contributed by atoms with Crippen molar-refractivity contribution in [3.63, 3.8) is 0 Å². The van der Waals surface area contributed by atoms with Crippen molar-refractivity contribution >= 4 is 5.97 Å². The molecular weight excluding hydrogens is 294 g/mol. The van der Waals surface area contributed by atoms with Gasteiger partial charge >= 0.3 is 5.97 Å². The van der Waals surface area contributed by atoms with Gasteiger partial charge in [-0.1, -0.05) is 30.3 Å². The lowest BCUT2D eigenvalue weighted by atomic mass is 10.1. The Balaban J connectivity index is 2.60. The minimum absolute atomic E-state index is 0.296. The van der Waals surface area contributed by atoms with Gasteiger partial charge in [-0.05, 0) is 20.8 Å². The van der Waals surface area contributed by atoms with Gasteiger partial charge in [-0.3, -0.25) is 0 Å². The van der Waals surface area contributed by atoms with Gasteiger partial charge in [0, 0.05) is 11.6 Å². The molecular formula is C18H21NO4. The van der Waals surface area contributed by atoms with Gasteiger partial charge in [0.1, 0.15) is 0 Å². The Morgan fingerprint density at radius 3 is 2.30 bits per heavy atom. The second kappa shape index (κ2) is 8.17. The number of hydrogen-bond donors (Lipinski definition) is 0. The Morgan fingerprint density at radius 1 is 1.00 bits per heavy atom. The van der Waals surface area contributed by atoms with Crippen molar-refractivity contribution in [1.29, 1.82) is 0 Å². The number of aromatic nitrogens is 1. The lowest BCUT2D eigenvalue weighted by molar-refractivity contribution is 0.0526. The van der Waals surface area contributed by atoms with Crippen molar-refractivity contribution in [3.8, 4) is 22.9 Å². The molecule has 0 radical (unpaired) electrons. The van der Waals surface area contributed by atoms with Crippen molar-refractivity contribution < 1.29 is 19.0 Å². The van der Waals surface area contributed by atoms with Crippen LogP contribution in [0.1, 0.15) is 31.1 Å². The van der Waals surface area contributed by atoms with Crippen molar-refractivity contribution in [2.24, 2.45) is 0 Å². The summed E-state index contributed by atoms with van der Waals surface area (Å²) in [4.78, 5) is 16.8. The Labute approximate surface area is 136 Å². The summed E-state index contributed by atoms with van der Waals surface area (Å²) in [6.45, 7) is 6.72. The normalized spacial score (nSPS) is 10.2. The first-order chi connectivity index (χ1) is 11.2. The minimum Gasteiger partial charge on any atom is -0.488 e. The summed E-state index contributed by atoms with van der Waals surface area (Å²) in [6.07, 6.45) is 0. The van der Waals surface area contributed by atoms with Crippen LogP contribution in [0.4, 0.5) is 0 Å². The molecule has 0 aliphatic carbocycles. The smallest absolute Gasteiger partial charge is 0.340 e. The molecule has 0 fully saturated rings. The molecule has 122 valence electrons. The highest BCUT2D eigenvalue weighted by atomic mass is 16.5. The molecule has 0 aliphatic heterocycles. The van der Waals surface area contributed by atoms with Crippen LogP contribution in [0.15, 0.2) is 36.4 Å². The summed E-state index contributed by atoms with van der Waals surface area (Å²) in [5, 5.41) is 0. The molecule has 5 nitrogen and oxygen atoms in total. The molecule has 0 N–H and O–H groups in total. The van der Waals surface area contributed by atoms with Crippen LogP contribution in [-0.2, 0) is 4.74 Å². The summed E-state index contributed by atoms with van der Waals surface area (Å²) >= 11 is 0. The highest BCUT2D eigenvalue weighted by molar-refractivity contribution is 5.96. The molecule has 1 aromatic heterocycles. The predicted octanol–water partition coefficient (Wildman–Crippen LogP) is 3.72. The maximum Gasteiger partial charge on any atom is 0.340 e. The van der Waals surface area contributed by atoms with Gasteiger partial charge in [0.05, 0.1) is 31.1 Å². The molecule has 0 atom stereocenters. The number of ether oxygens (including phenoxy) is 3. The number of nitrogens with zero attached hydrogens (tertiary/aromatic N) is 1. The standard InChI is InChI=1S/C18H21NO4/c1-4-21-15-12-14(18(20)23-6-3)16(19-17(15)22-5-2)13-10-8-7-9-11-13/h7-12H,4-6H2,1-3H3. The second-order valence-electron chi connectivity index (χ2n) is 4.64. The second-order valence-corrected chi connectivity index (χ2v) is 4.64. The fourth-order valence-corrected chi connectivity index (χ4v) is 2.16. The van der Waals surface area contributed by atoms with E-state index in [9.17, 15) is 4.79 Å². The average Bonchev–Trinajstić information content (AvgIpc) is 2.57. The van der Waals surface area contributed by atoms with Crippen LogP contribution >= 0.6 is 0 Å². The lowest BCUT2D eigenvalue weighted by Crippen LogP contribution is -2.10. The van der Waals surface area contributed by atoms with E-state index in [1.807, 2.05) is 44.2 Å². The third-order valence-corrected chi connectivity index (χ3v) is 3.08. The van der Waals surface area contributed by atoms with E-state index in [0.717, 1.165) is 5.56 Å². The largest absolute Gasteiger partial charge is 0.488 e. The van der Waals surface area contributed by atoms with E-state index in [-0.39, 0.29) is 0 Å². The number of carbonyl (C=O) groups is 1. The molecule has 0 saturated carbocycles. The molecule has 1 aromatic carbocycles. The number of benzene rings is 1. The van der Waals surface area contributed by atoms with Crippen LogP contribution < -0.4 is 9.47 Å². The summed E-state index contributed by atoms with van der Waals surface area (Å²) in [7, 11) is 0. The van der Waals surface area contributed by atoms with E-state index in [1.54, 1.807) is 13.0 Å². The topological polar surface area (TPSA) is 57.7 Å². The molecule has 1 heterocycles. The van der Waals surface area contributed by atoms with E-state index in [1.165, 1.54) is 0 Å². The van der Waals surface area contributed by atoms with Crippen molar-refractivity contribution in [3.05, 3.63) is 42.0 Å². The Hall–Kier alpha value is -2.56. The minimum atomic E-state index is -0.428. The van der Waals surface area contributed by atoms with Crippen LogP contribution in [0.2, 0.25) is 0 Å². The van der Waals surface area contributed by atoms with Crippen molar-refractivity contribution in [2.75, 3.05) is 19.8 Å². The molecule has 0 unspecified atom stereocenters. The van der Waals surface area contributed by atoms with Gasteiger partial charge in [-0.15, -0.1) is 0 Å². The number of esters is 1. The SMILES string of the molecule is CCOC(=O)c1cc(OCC)c(OCC)nc1-c1ccccc1. The zero-order valence-electron chi connectivity index (χ0n) is 13.7. The molecule has 0 spiro atoms. The van der Waals surface area contributed by atoms with Crippen LogP contribution in [0.25, 0.3) is 11.3 Å². The van der Waals surface area contributed by atoms with Crippen LogP contribution in [0.5, 0.6) is 11.6 Å². The number of hydrogen-bond acceptors (Lipinski definition) is 5. The maximum absolute atomic E-state index is 12.3. The van der Waals surface area contributed by atoms with Gasteiger partial charge < -0.3 is 14.2 Å². The van der Waals surface area contributed by atoms with Crippen LogP contribution in [0, 0.1) is 0 Å². The first-order valence-corrected chi connectivity index (χ1v) is 7.74. The fourth-order valence-electron chi connectivity index (χ4n) is 2.16. The van der Waals surface area contributed by atoms with E-state index in [0.29, 0.717) is 42.7 Å². The molecule has 0 bridgehead atoms. The molecule has 2 rings (SSSR count). The molecule has 23 heavy (non-hydrogen) atoms. The van der Waals surface area contributed by atoms with Gasteiger partial charge in [0.25, 0.3) is 5.88 Å². The molecule has 5 heteroatoms. The van der Waals surface area contributed by atoms with Crippen molar-refractivity contribution in [1.82, 2.24) is 4.98 Å². The monoisotopic (exact) mass is 315 g/mol. The third-order valence-electron chi connectivity index (χ3n) is 3.08. The maximum atomic E-state index is 12.3. The quantitative estimate of drug-likeness (QED) is 0.729. The summed E-state index contributed by atoms with van der Waals surface area (Å²) in [5.74, 6) is 0.390. The number of carbonyl (C=O) groups excluding carboxylic acids is 1. The molecule has 2 aromatic rings. The first-order valence-electron chi connectivity index (χ1n) is 7.74. The third kappa shape index (κ3) is 4.00. The zero-order valence-corrected chi connectivity index (χ0v) is 13.7. The van der Waals surface area contributed by atoms with Gasteiger partial charge in [0.2, 0.25) is 0 Å².